The molecule has 7 heteroatoms. The van der Waals surface area contributed by atoms with Gasteiger partial charge in [-0.05, 0) is 38.3 Å². The van der Waals surface area contributed by atoms with Gasteiger partial charge in [-0.15, -0.1) is 11.3 Å². The van der Waals surface area contributed by atoms with E-state index in [1.165, 1.54) is 4.70 Å². The summed E-state index contributed by atoms with van der Waals surface area (Å²) in [5, 5.41) is 1.07. The zero-order chi connectivity index (χ0) is 16.3. The lowest BCUT2D eigenvalue weighted by Gasteiger charge is -2.32. The largest absolute Gasteiger partial charge is 0.279 e. The number of aryl methyl sites for hydroxylation is 1. The molecule has 0 saturated carbocycles. The molecule has 0 amide bonds. The molecule has 1 fully saturated rings. The average Bonchev–Trinajstić information content (AvgIpc) is 2.94. The molecular formula is C16H23N3O2S2. The van der Waals surface area contributed by atoms with E-state index < -0.39 is 10.2 Å². The molecule has 1 saturated heterocycles. The molecule has 1 aliphatic rings. The summed E-state index contributed by atoms with van der Waals surface area (Å²) in [4.78, 5) is 4.58. The molecule has 2 heterocycles. The summed E-state index contributed by atoms with van der Waals surface area (Å²) >= 11 is 1.68. The van der Waals surface area contributed by atoms with Gasteiger partial charge < -0.3 is 0 Å². The topological polar surface area (TPSA) is 62.3 Å². The Morgan fingerprint density at radius 3 is 2.96 bits per heavy atom. The van der Waals surface area contributed by atoms with E-state index >= 15 is 0 Å². The van der Waals surface area contributed by atoms with Crippen molar-refractivity contribution in [2.45, 2.75) is 45.1 Å². The Kier molecular flexibility index (Phi) is 5.31. The van der Waals surface area contributed by atoms with Crippen LogP contribution in [0, 0.1) is 0 Å². The maximum atomic E-state index is 12.4. The van der Waals surface area contributed by atoms with E-state index in [-0.39, 0.29) is 6.04 Å². The third kappa shape index (κ3) is 4.09. The number of para-hydroxylation sites is 1. The molecule has 1 atom stereocenters. The lowest BCUT2D eigenvalue weighted by Crippen LogP contribution is -2.48. The Bertz CT molecular complexity index is 725. The molecule has 1 N–H and O–H groups in total. The van der Waals surface area contributed by atoms with Crippen LogP contribution < -0.4 is 4.72 Å². The summed E-state index contributed by atoms with van der Waals surface area (Å²) in [6.07, 6.45) is 4.59. The van der Waals surface area contributed by atoms with Crippen molar-refractivity contribution in [2.24, 2.45) is 0 Å². The van der Waals surface area contributed by atoms with Crippen LogP contribution in [-0.4, -0.2) is 36.8 Å². The minimum Gasteiger partial charge on any atom is -0.241 e. The van der Waals surface area contributed by atoms with E-state index in [1.807, 2.05) is 25.1 Å². The zero-order valence-corrected chi connectivity index (χ0v) is 15.0. The van der Waals surface area contributed by atoms with Gasteiger partial charge in [0.15, 0.2) is 0 Å². The highest BCUT2D eigenvalue weighted by Crippen LogP contribution is 2.22. The number of nitrogens with zero attached hydrogens (tertiary/aromatic N) is 2. The van der Waals surface area contributed by atoms with Gasteiger partial charge in [-0.1, -0.05) is 18.6 Å². The molecule has 0 aliphatic carbocycles. The maximum absolute atomic E-state index is 12.4. The van der Waals surface area contributed by atoms with Crippen LogP contribution in [0.2, 0.25) is 0 Å². The van der Waals surface area contributed by atoms with Crippen molar-refractivity contribution in [2.75, 3.05) is 13.1 Å². The first kappa shape index (κ1) is 16.8. The Labute approximate surface area is 141 Å². The molecule has 3 rings (SSSR count). The molecule has 1 aromatic carbocycles. The second-order valence-corrected chi connectivity index (χ2v) is 8.86. The molecule has 0 radical (unpaired) electrons. The van der Waals surface area contributed by atoms with Crippen LogP contribution in [0.25, 0.3) is 10.2 Å². The monoisotopic (exact) mass is 353 g/mol. The standard InChI is InChI=1S/C16H23N3O2S2/c1-13-7-4-5-12-19(13)23(20,21)17-11-6-10-16-18-14-8-2-3-9-15(14)22-16/h2-3,8-9,13,17H,4-7,10-12H2,1H3/t13-/m1/s1. The van der Waals surface area contributed by atoms with Gasteiger partial charge in [-0.25, -0.2) is 9.71 Å². The maximum Gasteiger partial charge on any atom is 0.279 e. The minimum absolute atomic E-state index is 0.102. The van der Waals surface area contributed by atoms with E-state index in [9.17, 15) is 8.42 Å². The fraction of sp³-hybridized carbons (Fsp3) is 0.562. The number of fused-ring (bicyclic) bond motifs is 1. The summed E-state index contributed by atoms with van der Waals surface area (Å²) in [5.41, 5.74) is 1.02. The number of nitrogens with one attached hydrogen (secondary N) is 1. The van der Waals surface area contributed by atoms with Gasteiger partial charge in [0.1, 0.15) is 0 Å². The normalized spacial score (nSPS) is 20.1. The van der Waals surface area contributed by atoms with Crippen LogP contribution in [0.15, 0.2) is 24.3 Å². The van der Waals surface area contributed by atoms with Crippen LogP contribution in [0.3, 0.4) is 0 Å². The van der Waals surface area contributed by atoms with E-state index in [0.717, 1.165) is 42.6 Å². The van der Waals surface area contributed by atoms with Gasteiger partial charge in [0.05, 0.1) is 15.2 Å². The second kappa shape index (κ2) is 7.25. The SMILES string of the molecule is C[C@@H]1CCCCN1S(=O)(=O)NCCCc1nc2ccccc2s1. The molecule has 23 heavy (non-hydrogen) atoms. The molecule has 5 nitrogen and oxygen atoms in total. The number of rotatable bonds is 6. The predicted molar refractivity (Wildman–Crippen MR) is 94.9 cm³/mol. The lowest BCUT2D eigenvalue weighted by atomic mass is 10.1. The zero-order valence-electron chi connectivity index (χ0n) is 13.4. The van der Waals surface area contributed by atoms with E-state index in [0.29, 0.717) is 13.1 Å². The number of piperidine rings is 1. The highest BCUT2D eigenvalue weighted by atomic mass is 32.2. The van der Waals surface area contributed by atoms with Crippen molar-refractivity contribution >= 4 is 31.8 Å². The predicted octanol–water partition coefficient (Wildman–Crippen LogP) is 2.94. The number of thiazole rings is 1. The average molecular weight is 354 g/mol. The fourth-order valence-corrected chi connectivity index (χ4v) is 5.51. The molecule has 0 spiro atoms. The van der Waals surface area contributed by atoms with Gasteiger partial charge in [0.25, 0.3) is 10.2 Å². The first-order valence-electron chi connectivity index (χ1n) is 8.17. The summed E-state index contributed by atoms with van der Waals surface area (Å²) in [6.45, 7) is 3.08. The van der Waals surface area contributed by atoms with Crippen molar-refractivity contribution in [3.8, 4) is 0 Å². The first-order valence-corrected chi connectivity index (χ1v) is 10.4. The summed E-state index contributed by atoms with van der Waals surface area (Å²) < 4.78 is 30.2. The molecule has 0 unspecified atom stereocenters. The molecule has 1 aromatic heterocycles. The van der Waals surface area contributed by atoms with Crippen LogP contribution >= 0.6 is 11.3 Å². The molecule has 1 aliphatic heterocycles. The molecular weight excluding hydrogens is 330 g/mol. The van der Waals surface area contributed by atoms with Crippen molar-refractivity contribution in [3.63, 3.8) is 0 Å². The van der Waals surface area contributed by atoms with Crippen molar-refractivity contribution in [1.82, 2.24) is 14.0 Å². The van der Waals surface area contributed by atoms with Crippen LogP contribution in [0.5, 0.6) is 0 Å². The number of hydrogen-bond acceptors (Lipinski definition) is 4. The second-order valence-electron chi connectivity index (χ2n) is 6.03. The van der Waals surface area contributed by atoms with Crippen molar-refractivity contribution < 1.29 is 8.42 Å². The quantitative estimate of drug-likeness (QED) is 0.812. The Hall–Kier alpha value is -1.02. The van der Waals surface area contributed by atoms with Crippen LogP contribution in [-0.2, 0) is 16.6 Å². The third-order valence-electron chi connectivity index (χ3n) is 4.24. The van der Waals surface area contributed by atoms with E-state index in [4.69, 9.17) is 0 Å². The minimum atomic E-state index is -3.35. The molecule has 0 bridgehead atoms. The van der Waals surface area contributed by atoms with Crippen molar-refractivity contribution in [3.05, 3.63) is 29.3 Å². The fourth-order valence-electron chi connectivity index (χ4n) is 2.98. The Morgan fingerprint density at radius 2 is 2.17 bits per heavy atom. The summed E-state index contributed by atoms with van der Waals surface area (Å²) in [7, 11) is -3.35. The first-order chi connectivity index (χ1) is 11.1. The van der Waals surface area contributed by atoms with Crippen LogP contribution in [0.1, 0.15) is 37.6 Å². The summed E-state index contributed by atoms with van der Waals surface area (Å²) in [5.74, 6) is 0. The lowest BCUT2D eigenvalue weighted by molar-refractivity contribution is 0.265. The Balaban J connectivity index is 1.50. The van der Waals surface area contributed by atoms with Gasteiger partial charge >= 0.3 is 0 Å². The van der Waals surface area contributed by atoms with E-state index in [2.05, 4.69) is 15.8 Å². The number of aromatic nitrogens is 1. The highest BCUT2D eigenvalue weighted by molar-refractivity contribution is 7.87. The highest BCUT2D eigenvalue weighted by Gasteiger charge is 2.28. The Morgan fingerprint density at radius 1 is 1.35 bits per heavy atom. The smallest absolute Gasteiger partial charge is 0.241 e. The van der Waals surface area contributed by atoms with Gasteiger partial charge in [0, 0.05) is 25.6 Å². The molecule has 126 valence electrons. The van der Waals surface area contributed by atoms with Crippen LogP contribution in [0.4, 0.5) is 0 Å². The summed E-state index contributed by atoms with van der Waals surface area (Å²) in [6, 6.07) is 8.18. The van der Waals surface area contributed by atoms with Gasteiger partial charge in [-0.3, -0.25) is 0 Å². The van der Waals surface area contributed by atoms with Crippen molar-refractivity contribution in [1.29, 1.82) is 0 Å². The van der Waals surface area contributed by atoms with Gasteiger partial charge in [-0.2, -0.15) is 12.7 Å². The number of hydrogen-bond donors (Lipinski definition) is 1. The van der Waals surface area contributed by atoms with E-state index in [1.54, 1.807) is 15.6 Å². The van der Waals surface area contributed by atoms with Gasteiger partial charge in [0.2, 0.25) is 0 Å². The number of benzene rings is 1. The third-order valence-corrected chi connectivity index (χ3v) is 7.07. The molecule has 2 aromatic rings.